The summed E-state index contributed by atoms with van der Waals surface area (Å²) in [7, 11) is 0. The molecule has 1 aromatic heterocycles. The number of amides is 1. The van der Waals surface area contributed by atoms with E-state index in [-0.39, 0.29) is 16.3 Å². The van der Waals surface area contributed by atoms with Crippen LogP contribution in [0.3, 0.4) is 0 Å². The van der Waals surface area contributed by atoms with Gasteiger partial charge in [-0.05, 0) is 24.3 Å². The van der Waals surface area contributed by atoms with Crippen LogP contribution < -0.4 is 11.5 Å². The molecular weight excluding hydrogens is 257 g/mol. The fraction of sp³-hybridized carbons (Fsp3) is 0. The average molecular weight is 266 g/mol. The quantitative estimate of drug-likeness (QED) is 0.817. The Labute approximate surface area is 107 Å². The van der Waals surface area contributed by atoms with Crippen molar-refractivity contribution in [2.75, 3.05) is 5.73 Å². The number of carbonyl (C=O) groups is 1. The molecule has 4 N–H and O–H groups in total. The zero-order valence-corrected chi connectivity index (χ0v) is 9.91. The molecule has 0 saturated carbocycles. The molecule has 0 spiro atoms. The number of hydrogen-bond donors (Lipinski definition) is 2. The fourth-order valence-corrected chi connectivity index (χ4v) is 1.88. The number of anilines is 1. The number of nitrogens with two attached hydrogens (primary N) is 2. The normalized spacial score (nSPS) is 10.3. The zero-order chi connectivity index (χ0) is 13.3. The van der Waals surface area contributed by atoms with Crippen LogP contribution in [-0.4, -0.2) is 10.9 Å². The minimum absolute atomic E-state index is 0.0219. The number of rotatable bonds is 2. The summed E-state index contributed by atoms with van der Waals surface area (Å²) in [6.07, 6.45) is 1.34. The van der Waals surface area contributed by atoms with Crippen molar-refractivity contribution in [3.8, 4) is 11.1 Å². The number of carbonyl (C=O) groups excluding carboxylic acids is 1. The van der Waals surface area contributed by atoms with Gasteiger partial charge in [0.15, 0.2) is 0 Å². The second-order valence-corrected chi connectivity index (χ2v) is 4.00. The molecule has 0 aliphatic carbocycles. The number of halogens is 2. The highest BCUT2D eigenvalue weighted by Crippen LogP contribution is 2.31. The van der Waals surface area contributed by atoms with E-state index in [2.05, 4.69) is 4.98 Å². The van der Waals surface area contributed by atoms with Crippen LogP contribution in [0.1, 0.15) is 10.5 Å². The van der Waals surface area contributed by atoms with Gasteiger partial charge in [-0.15, -0.1) is 0 Å². The lowest BCUT2D eigenvalue weighted by molar-refractivity contribution is 0.0996. The van der Waals surface area contributed by atoms with E-state index in [9.17, 15) is 9.18 Å². The first-order valence-electron chi connectivity index (χ1n) is 5.00. The summed E-state index contributed by atoms with van der Waals surface area (Å²) in [5, 5.41) is 0.0219. The molecule has 2 aromatic rings. The van der Waals surface area contributed by atoms with Crippen LogP contribution >= 0.6 is 11.6 Å². The molecule has 18 heavy (non-hydrogen) atoms. The number of benzene rings is 1. The van der Waals surface area contributed by atoms with E-state index in [1.54, 1.807) is 6.07 Å². The van der Waals surface area contributed by atoms with Crippen LogP contribution in [0.5, 0.6) is 0 Å². The number of primary amides is 1. The maximum atomic E-state index is 13.8. The van der Waals surface area contributed by atoms with Crippen LogP contribution in [0, 0.1) is 5.82 Å². The number of nitrogens with zero attached hydrogens (tertiary/aromatic N) is 1. The summed E-state index contributed by atoms with van der Waals surface area (Å²) in [5.41, 5.74) is 11.4. The third kappa shape index (κ3) is 2.12. The molecule has 0 atom stereocenters. The second kappa shape index (κ2) is 4.62. The van der Waals surface area contributed by atoms with Crippen molar-refractivity contribution in [3.63, 3.8) is 0 Å². The highest BCUT2D eigenvalue weighted by molar-refractivity contribution is 6.36. The predicted octanol–water partition coefficient (Wildman–Crippen LogP) is 2.22. The van der Waals surface area contributed by atoms with Gasteiger partial charge in [0, 0.05) is 23.0 Å². The van der Waals surface area contributed by atoms with Crippen molar-refractivity contribution in [1.82, 2.24) is 4.98 Å². The van der Waals surface area contributed by atoms with Gasteiger partial charge in [0.2, 0.25) is 0 Å². The predicted molar refractivity (Wildman–Crippen MR) is 67.6 cm³/mol. The summed E-state index contributed by atoms with van der Waals surface area (Å²) in [6, 6.07) is 5.70. The first-order valence-corrected chi connectivity index (χ1v) is 5.38. The van der Waals surface area contributed by atoms with E-state index in [0.29, 0.717) is 11.3 Å². The van der Waals surface area contributed by atoms with Gasteiger partial charge in [-0.1, -0.05) is 11.6 Å². The van der Waals surface area contributed by atoms with Crippen LogP contribution in [0.4, 0.5) is 10.1 Å². The molecule has 0 unspecified atom stereocenters. The largest absolute Gasteiger partial charge is 0.399 e. The molecule has 92 valence electrons. The maximum Gasteiger partial charge on any atom is 0.268 e. The van der Waals surface area contributed by atoms with E-state index in [0.717, 1.165) is 0 Å². The Morgan fingerprint density at radius 3 is 2.61 bits per heavy atom. The molecule has 0 aliphatic rings. The summed E-state index contributed by atoms with van der Waals surface area (Å²) >= 11 is 5.99. The zero-order valence-electron chi connectivity index (χ0n) is 9.15. The van der Waals surface area contributed by atoms with Crippen molar-refractivity contribution in [1.29, 1.82) is 0 Å². The molecular formula is C12H9ClFN3O. The second-order valence-electron chi connectivity index (χ2n) is 3.62. The lowest BCUT2D eigenvalue weighted by Gasteiger charge is -2.08. The topological polar surface area (TPSA) is 82.0 Å². The molecule has 1 heterocycles. The van der Waals surface area contributed by atoms with Crippen LogP contribution in [0.2, 0.25) is 5.02 Å². The lowest BCUT2D eigenvalue weighted by Crippen LogP contribution is -2.14. The molecule has 1 aromatic carbocycles. The van der Waals surface area contributed by atoms with E-state index < -0.39 is 11.7 Å². The van der Waals surface area contributed by atoms with Gasteiger partial charge in [0.1, 0.15) is 11.5 Å². The molecule has 1 amide bonds. The fourth-order valence-electron chi connectivity index (χ4n) is 1.57. The number of nitrogen functional groups attached to an aromatic ring is 1. The Kier molecular flexibility index (Phi) is 3.16. The molecule has 0 bridgehead atoms. The monoisotopic (exact) mass is 265 g/mol. The third-order valence-electron chi connectivity index (χ3n) is 2.41. The minimum atomic E-state index is -0.766. The first kappa shape index (κ1) is 12.3. The Balaban J connectivity index is 2.64. The highest BCUT2D eigenvalue weighted by Gasteiger charge is 2.15. The number of aromatic nitrogens is 1. The molecule has 0 fully saturated rings. The van der Waals surface area contributed by atoms with Crippen molar-refractivity contribution >= 4 is 23.2 Å². The van der Waals surface area contributed by atoms with Crippen molar-refractivity contribution in [2.45, 2.75) is 0 Å². The standard InChI is InChI=1S/C12H9ClFN3O/c13-10-8(3-4-17-11(10)12(16)18)7-2-1-6(15)5-9(7)14/h1-5H,15H2,(H2,16,18). The third-order valence-corrected chi connectivity index (χ3v) is 2.79. The van der Waals surface area contributed by atoms with Crippen molar-refractivity contribution < 1.29 is 9.18 Å². The highest BCUT2D eigenvalue weighted by atomic mass is 35.5. The van der Waals surface area contributed by atoms with Gasteiger partial charge < -0.3 is 11.5 Å². The van der Waals surface area contributed by atoms with Crippen LogP contribution in [0.25, 0.3) is 11.1 Å². The van der Waals surface area contributed by atoms with Crippen molar-refractivity contribution in [2.24, 2.45) is 5.73 Å². The molecule has 0 radical (unpaired) electrons. The number of pyridine rings is 1. The lowest BCUT2D eigenvalue weighted by atomic mass is 10.0. The molecule has 4 nitrogen and oxygen atoms in total. The minimum Gasteiger partial charge on any atom is -0.399 e. The Morgan fingerprint density at radius 2 is 2.00 bits per heavy atom. The average Bonchev–Trinajstić information content (AvgIpc) is 2.30. The Morgan fingerprint density at radius 1 is 1.28 bits per heavy atom. The van der Waals surface area contributed by atoms with E-state index in [4.69, 9.17) is 23.1 Å². The summed E-state index contributed by atoms with van der Waals surface area (Å²) < 4.78 is 13.8. The SMILES string of the molecule is NC(=O)c1nccc(-c2ccc(N)cc2F)c1Cl. The van der Waals surface area contributed by atoms with Gasteiger partial charge in [-0.3, -0.25) is 4.79 Å². The van der Waals surface area contributed by atoms with Gasteiger partial charge in [0.25, 0.3) is 5.91 Å². The van der Waals surface area contributed by atoms with Crippen LogP contribution in [-0.2, 0) is 0 Å². The number of hydrogen-bond acceptors (Lipinski definition) is 3. The molecule has 6 heteroatoms. The molecule has 2 rings (SSSR count). The molecule has 0 aliphatic heterocycles. The summed E-state index contributed by atoms with van der Waals surface area (Å²) in [4.78, 5) is 14.9. The van der Waals surface area contributed by atoms with Crippen molar-refractivity contribution in [3.05, 3.63) is 47.0 Å². The molecule has 0 saturated heterocycles. The van der Waals surface area contributed by atoms with Crippen LogP contribution in [0.15, 0.2) is 30.5 Å². The Bertz CT molecular complexity index is 631. The smallest absolute Gasteiger partial charge is 0.268 e. The van der Waals surface area contributed by atoms with Gasteiger partial charge in [-0.25, -0.2) is 9.37 Å². The van der Waals surface area contributed by atoms with E-state index in [1.165, 1.54) is 24.4 Å². The maximum absolute atomic E-state index is 13.8. The van der Waals surface area contributed by atoms with Gasteiger partial charge in [-0.2, -0.15) is 0 Å². The van der Waals surface area contributed by atoms with E-state index >= 15 is 0 Å². The Hall–Kier alpha value is -2.14. The van der Waals surface area contributed by atoms with E-state index in [1.807, 2.05) is 0 Å². The van der Waals surface area contributed by atoms with Gasteiger partial charge in [0.05, 0.1) is 5.02 Å². The summed E-state index contributed by atoms with van der Waals surface area (Å²) in [5.74, 6) is -1.30. The first-order chi connectivity index (χ1) is 8.50. The van der Waals surface area contributed by atoms with Gasteiger partial charge >= 0.3 is 0 Å². The summed E-state index contributed by atoms with van der Waals surface area (Å²) in [6.45, 7) is 0.